The number of carbonyl (C=O) groups is 7. The standard InChI is InChI=1S/C58H63N13O9/c1-37(2)52(68-49(72)20-8-5-9-30-70-50(73)27-28-51(70)74)56(76)65-46(19-12-29-60-57(59)77)55(75)64-42-24-21-39(22-25-42)35-79-58(78)69(32-40-14-11-17-44(31-40)80-43-15-6-4-7-16-43)34-47-66-53(41-23-26-48-61-36-62-71(48)33-41)54(67-47)45-18-10-13-38(3)63-45/h4,6-7,10-11,13-18,21-28,31,33,36-37,46,52H,5,8-9,12,19-20,29-30,32,34-35H2,1-3H3,(H,64,75)(H,65,76)(H,66,67)(H,68,72)(H3,59,60,77). The van der Waals surface area contributed by atoms with Crippen LogP contribution in [0.1, 0.15) is 75.0 Å². The highest BCUT2D eigenvalue weighted by atomic mass is 16.6. The lowest BCUT2D eigenvalue weighted by atomic mass is 10.0. The van der Waals surface area contributed by atoms with Crippen LogP contribution in [0, 0.1) is 12.8 Å². The van der Waals surface area contributed by atoms with Gasteiger partial charge in [-0.1, -0.05) is 68.8 Å². The molecule has 0 saturated heterocycles. The average molecular weight is 1090 g/mol. The quantitative estimate of drug-likeness (QED) is 0.0233. The van der Waals surface area contributed by atoms with Gasteiger partial charge in [0.15, 0.2) is 5.65 Å². The highest BCUT2D eigenvalue weighted by molar-refractivity contribution is 6.12. The second kappa shape index (κ2) is 27.0. The van der Waals surface area contributed by atoms with Crippen molar-refractivity contribution < 1.29 is 43.0 Å². The molecule has 0 spiro atoms. The normalized spacial score (nSPS) is 12.8. The zero-order chi connectivity index (χ0) is 56.5. The number of H-pyrrole nitrogens is 1. The number of unbranched alkanes of at least 4 members (excludes halogenated alkanes) is 2. The fraction of sp³-hybridized carbons (Fsp3) is 0.293. The fourth-order valence-corrected chi connectivity index (χ4v) is 8.81. The van der Waals surface area contributed by atoms with E-state index in [4.69, 9.17) is 25.2 Å². The first-order valence-corrected chi connectivity index (χ1v) is 26.3. The summed E-state index contributed by atoms with van der Waals surface area (Å²) < 4.78 is 13.8. The van der Waals surface area contributed by atoms with E-state index >= 15 is 0 Å². The molecule has 8 amide bonds. The third kappa shape index (κ3) is 15.7. The summed E-state index contributed by atoms with van der Waals surface area (Å²) in [5.41, 5.74) is 11.1. The van der Waals surface area contributed by atoms with E-state index in [0.29, 0.717) is 70.6 Å². The van der Waals surface area contributed by atoms with Crippen molar-refractivity contribution in [3.8, 4) is 34.1 Å². The van der Waals surface area contributed by atoms with Crippen molar-refractivity contribution in [2.24, 2.45) is 11.7 Å². The van der Waals surface area contributed by atoms with Gasteiger partial charge in [0.25, 0.3) is 11.8 Å². The van der Waals surface area contributed by atoms with Crippen molar-refractivity contribution in [3.63, 3.8) is 0 Å². The van der Waals surface area contributed by atoms with E-state index in [9.17, 15) is 33.6 Å². The number of pyridine rings is 2. The zero-order valence-electron chi connectivity index (χ0n) is 44.6. The minimum atomic E-state index is -1.08. The Morgan fingerprint density at radius 1 is 0.775 bits per heavy atom. The number of ether oxygens (including phenoxy) is 2. The van der Waals surface area contributed by atoms with E-state index in [2.05, 4.69) is 36.3 Å². The van der Waals surface area contributed by atoms with Gasteiger partial charge in [-0.15, -0.1) is 0 Å². The molecule has 0 saturated carbocycles. The third-order valence-corrected chi connectivity index (χ3v) is 12.9. The molecule has 8 rings (SSSR count). The molecule has 22 heteroatoms. The van der Waals surface area contributed by atoms with Gasteiger partial charge in [-0.25, -0.2) is 24.1 Å². The van der Waals surface area contributed by atoms with Crippen molar-refractivity contribution >= 4 is 53.0 Å². The predicted octanol–water partition coefficient (Wildman–Crippen LogP) is 7.12. The van der Waals surface area contributed by atoms with Crippen LogP contribution in [0.2, 0.25) is 0 Å². The van der Waals surface area contributed by atoms with E-state index in [1.54, 1.807) is 42.6 Å². The van der Waals surface area contributed by atoms with Crippen LogP contribution in [-0.4, -0.2) is 106 Å². The zero-order valence-corrected chi connectivity index (χ0v) is 44.6. The number of nitrogens with two attached hydrogens (primary N) is 1. The van der Waals surface area contributed by atoms with Gasteiger partial charge in [0.2, 0.25) is 17.7 Å². The summed E-state index contributed by atoms with van der Waals surface area (Å²) in [6, 6.07) is 30.1. The van der Waals surface area contributed by atoms with Crippen molar-refractivity contribution in [2.75, 3.05) is 18.4 Å². The largest absolute Gasteiger partial charge is 0.457 e. The SMILES string of the molecule is Cc1cccc(-c2nc(CN(Cc3cccc(Oc4ccccc4)c3)C(=O)OCc3ccc(NC(=O)C(CCCNC(N)=O)NC(=O)C(NC(=O)CCCCCN4C(=O)C=CC4=O)C(C)C)cc3)[nH]c2-c2ccc3ncnn3c2)n1. The van der Waals surface area contributed by atoms with E-state index in [-0.39, 0.29) is 75.7 Å². The molecule has 4 aromatic heterocycles. The van der Waals surface area contributed by atoms with Crippen LogP contribution in [0.25, 0.3) is 28.3 Å². The summed E-state index contributed by atoms with van der Waals surface area (Å²) in [6.07, 6.45) is 7.20. The van der Waals surface area contributed by atoms with Gasteiger partial charge in [-0.05, 0) is 110 Å². The molecule has 80 heavy (non-hydrogen) atoms. The lowest BCUT2D eigenvalue weighted by molar-refractivity contribution is -0.137. The summed E-state index contributed by atoms with van der Waals surface area (Å²) in [5, 5.41) is 15.2. The van der Waals surface area contributed by atoms with Crippen LogP contribution < -0.4 is 31.7 Å². The summed E-state index contributed by atoms with van der Waals surface area (Å²) in [5.74, 6) is -0.862. The molecular formula is C58H63N13O9. The average Bonchev–Trinajstić information content (AvgIpc) is 4.20. The molecule has 1 aliphatic rings. The number of fused-ring (bicyclic) bond motifs is 1. The van der Waals surface area contributed by atoms with Crippen LogP contribution in [0.3, 0.4) is 0 Å². The Morgan fingerprint density at radius 2 is 1.54 bits per heavy atom. The van der Waals surface area contributed by atoms with E-state index in [1.165, 1.54) is 23.4 Å². The van der Waals surface area contributed by atoms with Crippen molar-refractivity contribution in [3.05, 3.63) is 157 Å². The van der Waals surface area contributed by atoms with Crippen LogP contribution in [-0.2, 0) is 48.4 Å². The predicted molar refractivity (Wildman–Crippen MR) is 296 cm³/mol. The molecular weight excluding hydrogens is 1020 g/mol. The number of hydrogen-bond acceptors (Lipinski definition) is 13. The molecule has 7 N–H and O–H groups in total. The molecule has 0 bridgehead atoms. The third-order valence-electron chi connectivity index (χ3n) is 12.9. The number of aromatic nitrogens is 6. The van der Waals surface area contributed by atoms with Gasteiger partial charge in [-0.2, -0.15) is 5.10 Å². The van der Waals surface area contributed by atoms with Crippen LogP contribution in [0.4, 0.5) is 15.3 Å². The topological polar surface area (TPSA) is 290 Å². The fourth-order valence-electron chi connectivity index (χ4n) is 8.81. The second-order valence-corrected chi connectivity index (χ2v) is 19.5. The van der Waals surface area contributed by atoms with Gasteiger partial charge in [0.1, 0.15) is 48.0 Å². The summed E-state index contributed by atoms with van der Waals surface area (Å²) in [7, 11) is 0. The Kier molecular flexibility index (Phi) is 19.1. The maximum atomic E-state index is 14.3. The smallest absolute Gasteiger partial charge is 0.410 e. The molecule has 2 atom stereocenters. The molecule has 5 heterocycles. The van der Waals surface area contributed by atoms with Gasteiger partial charge in [-0.3, -0.25) is 38.8 Å². The number of aromatic amines is 1. The maximum absolute atomic E-state index is 14.3. The first-order chi connectivity index (χ1) is 38.6. The number of aryl methyl sites for hydroxylation is 1. The molecule has 3 aromatic carbocycles. The molecule has 0 fully saturated rings. The molecule has 0 radical (unpaired) electrons. The minimum absolute atomic E-state index is 0.00561. The van der Waals surface area contributed by atoms with Crippen LogP contribution in [0.5, 0.6) is 11.5 Å². The number of anilines is 1. The number of rotatable bonds is 26. The molecule has 0 aliphatic carbocycles. The van der Waals surface area contributed by atoms with E-state index in [0.717, 1.165) is 21.7 Å². The minimum Gasteiger partial charge on any atom is -0.457 e. The van der Waals surface area contributed by atoms with Crippen molar-refractivity contribution in [1.82, 2.24) is 55.3 Å². The number of nitrogens with zero attached hydrogens (tertiary/aromatic N) is 7. The number of imidazole rings is 1. The number of para-hydroxylation sites is 1. The Morgan fingerprint density at radius 3 is 2.29 bits per heavy atom. The number of benzene rings is 3. The van der Waals surface area contributed by atoms with Crippen LogP contribution >= 0.6 is 0 Å². The van der Waals surface area contributed by atoms with Gasteiger partial charge < -0.3 is 41.5 Å². The van der Waals surface area contributed by atoms with Gasteiger partial charge >= 0.3 is 12.1 Å². The first-order valence-electron chi connectivity index (χ1n) is 26.3. The number of hydrogen-bond donors (Lipinski definition) is 6. The number of nitrogens with one attached hydrogen (secondary N) is 5. The lowest BCUT2D eigenvalue weighted by Gasteiger charge is -2.25. The molecule has 7 aromatic rings. The number of carbonyl (C=O) groups excluding carboxylic acids is 7. The van der Waals surface area contributed by atoms with Crippen molar-refractivity contribution in [1.29, 1.82) is 0 Å². The van der Waals surface area contributed by atoms with Crippen molar-refractivity contribution in [2.45, 2.75) is 91.1 Å². The summed E-state index contributed by atoms with van der Waals surface area (Å²) in [6.45, 7) is 5.82. The Bertz CT molecular complexity index is 3340. The Balaban J connectivity index is 0.932. The monoisotopic (exact) mass is 1090 g/mol. The second-order valence-electron chi connectivity index (χ2n) is 19.5. The highest BCUT2D eigenvalue weighted by Crippen LogP contribution is 2.31. The maximum Gasteiger partial charge on any atom is 0.410 e. The number of amides is 8. The molecule has 2 unspecified atom stereocenters. The molecule has 1 aliphatic heterocycles. The van der Waals surface area contributed by atoms with Gasteiger partial charge in [0, 0.05) is 61.3 Å². The lowest BCUT2D eigenvalue weighted by Crippen LogP contribution is -2.54. The highest BCUT2D eigenvalue weighted by Gasteiger charge is 2.30. The number of imide groups is 1. The molecule has 414 valence electrons. The molecule has 22 nitrogen and oxygen atoms in total. The van der Waals surface area contributed by atoms with E-state index < -0.39 is 36.0 Å². The Labute approximate surface area is 461 Å². The van der Waals surface area contributed by atoms with E-state index in [1.807, 2.05) is 98.0 Å². The Hall–Kier alpha value is -9.73. The summed E-state index contributed by atoms with van der Waals surface area (Å²) in [4.78, 5) is 110. The number of urea groups is 1. The van der Waals surface area contributed by atoms with Crippen LogP contribution in [0.15, 0.2) is 134 Å². The van der Waals surface area contributed by atoms with Gasteiger partial charge in [0.05, 0.1) is 17.9 Å². The first kappa shape index (κ1) is 56.5. The number of primary amides is 1. The summed E-state index contributed by atoms with van der Waals surface area (Å²) >= 11 is 0.